The molecule has 9 heteroatoms. The highest BCUT2D eigenvalue weighted by Gasteiger charge is 2.15. The van der Waals surface area contributed by atoms with Gasteiger partial charge in [-0.2, -0.15) is 0 Å². The van der Waals surface area contributed by atoms with Gasteiger partial charge in [-0.15, -0.1) is 0 Å². The van der Waals surface area contributed by atoms with Gasteiger partial charge >= 0.3 is 0 Å². The lowest BCUT2D eigenvalue weighted by atomic mass is 10.0. The molecule has 2 aromatic heterocycles. The van der Waals surface area contributed by atoms with Gasteiger partial charge in [0.25, 0.3) is 11.8 Å². The molecule has 6 aromatic rings. The van der Waals surface area contributed by atoms with E-state index in [9.17, 15) is 9.59 Å². The Labute approximate surface area is 281 Å². The topological polar surface area (TPSA) is 116 Å². The highest BCUT2D eigenvalue weighted by molar-refractivity contribution is 6.09. The summed E-state index contributed by atoms with van der Waals surface area (Å²) < 4.78 is 0. The van der Waals surface area contributed by atoms with Gasteiger partial charge in [-0.05, 0) is 86.3 Å². The maximum atomic E-state index is 13.1. The Morgan fingerprint density at radius 1 is 0.625 bits per heavy atom. The van der Waals surface area contributed by atoms with Gasteiger partial charge in [0, 0.05) is 80.2 Å². The molecule has 0 radical (unpaired) electrons. The van der Waals surface area contributed by atoms with E-state index in [0.717, 1.165) is 69.6 Å². The van der Waals surface area contributed by atoms with Gasteiger partial charge in [-0.1, -0.05) is 24.3 Å². The van der Waals surface area contributed by atoms with Crippen molar-refractivity contribution in [1.29, 1.82) is 0 Å². The number of aromatic nitrogens is 2. The molecular formula is C39H43N7O2. The van der Waals surface area contributed by atoms with Crippen LogP contribution in [0.15, 0.2) is 84.9 Å². The second-order valence-corrected chi connectivity index (χ2v) is 12.8. The molecule has 0 unspecified atom stereocenters. The Hall–Kier alpha value is -5.28. The summed E-state index contributed by atoms with van der Waals surface area (Å²) in [5, 5.41) is 10.0. The molecule has 0 bridgehead atoms. The molecule has 246 valence electrons. The molecule has 2 amide bonds. The van der Waals surface area contributed by atoms with Crippen molar-refractivity contribution in [2.75, 3.05) is 51.1 Å². The van der Waals surface area contributed by atoms with Crippen LogP contribution in [0.5, 0.6) is 0 Å². The lowest BCUT2D eigenvalue weighted by Crippen LogP contribution is -2.29. The van der Waals surface area contributed by atoms with Crippen molar-refractivity contribution in [3.8, 4) is 0 Å². The van der Waals surface area contributed by atoms with Gasteiger partial charge in [0.1, 0.15) is 0 Å². The number of para-hydroxylation sites is 2. The molecule has 0 aliphatic rings. The quantitative estimate of drug-likeness (QED) is 0.107. The number of carbonyl (C=O) groups excluding carboxylic acids is 2. The summed E-state index contributed by atoms with van der Waals surface area (Å²) >= 11 is 0. The fraction of sp³-hybridized carbons (Fsp3) is 0.282. The summed E-state index contributed by atoms with van der Waals surface area (Å²) in [6.07, 6.45) is 3.08. The number of carbonyl (C=O) groups is 2. The number of hydrogen-bond donors (Lipinski definition) is 3. The van der Waals surface area contributed by atoms with Crippen molar-refractivity contribution in [2.45, 2.75) is 31.7 Å². The number of amides is 2. The van der Waals surface area contributed by atoms with Crippen molar-refractivity contribution < 1.29 is 9.59 Å². The van der Waals surface area contributed by atoms with Gasteiger partial charge in [0.15, 0.2) is 0 Å². The highest BCUT2D eigenvalue weighted by atomic mass is 16.2. The smallest absolute Gasteiger partial charge is 0.253 e. The zero-order valence-electron chi connectivity index (χ0n) is 28.1. The zero-order chi connectivity index (χ0) is 33.8. The van der Waals surface area contributed by atoms with E-state index in [2.05, 4.69) is 44.7 Å². The van der Waals surface area contributed by atoms with Crippen molar-refractivity contribution in [3.63, 3.8) is 0 Å². The van der Waals surface area contributed by atoms with Crippen LogP contribution in [-0.4, -0.2) is 69.1 Å². The van der Waals surface area contributed by atoms with Gasteiger partial charge < -0.3 is 26.2 Å². The average Bonchev–Trinajstić information content (AvgIpc) is 3.08. The SMILES string of the molecule is CN(C)c1ccc2nc3c(C(=O)NCCCC(N)CCCNC(=O)c4cccc5cc6cc(N(C)C)ccc6nc45)cccc3cc2c1. The van der Waals surface area contributed by atoms with Crippen LogP contribution in [0.4, 0.5) is 11.4 Å². The van der Waals surface area contributed by atoms with Crippen LogP contribution in [0.25, 0.3) is 43.6 Å². The van der Waals surface area contributed by atoms with E-state index in [0.29, 0.717) is 35.2 Å². The first-order chi connectivity index (χ1) is 23.2. The first-order valence-electron chi connectivity index (χ1n) is 16.5. The number of hydrogen-bond acceptors (Lipinski definition) is 7. The third kappa shape index (κ3) is 7.16. The van der Waals surface area contributed by atoms with Gasteiger partial charge in [-0.3, -0.25) is 9.59 Å². The predicted octanol–water partition coefficient (Wildman–Crippen LogP) is 6.27. The molecule has 4 aromatic carbocycles. The lowest BCUT2D eigenvalue weighted by Gasteiger charge is -2.14. The standard InChI is InChI=1S/C39H43N7O2/c1-45(2)30-15-17-34-27(23-30)21-25-9-5-13-32(36(25)43-34)38(47)41-19-7-11-29(40)12-8-20-42-39(48)33-14-6-10-26-22-28-24-31(46(3)4)16-18-35(28)44-37(26)33/h5-6,9-10,13-18,21-24,29H,7-8,11-12,19-20,40H2,1-4H3,(H,41,47)(H,42,48). The molecule has 0 aliphatic carbocycles. The fourth-order valence-electron chi connectivity index (χ4n) is 6.09. The monoisotopic (exact) mass is 641 g/mol. The van der Waals surface area contributed by atoms with Crippen LogP contribution >= 0.6 is 0 Å². The second-order valence-electron chi connectivity index (χ2n) is 12.8. The van der Waals surface area contributed by atoms with Crippen LogP contribution < -0.4 is 26.2 Å². The molecule has 0 aliphatic heterocycles. The Bertz CT molecular complexity index is 1970. The van der Waals surface area contributed by atoms with E-state index in [1.165, 1.54) is 0 Å². The summed E-state index contributed by atoms with van der Waals surface area (Å²) in [4.78, 5) is 40.0. The summed E-state index contributed by atoms with van der Waals surface area (Å²) in [5.41, 5.74) is 12.9. The Morgan fingerprint density at radius 3 is 1.48 bits per heavy atom. The second kappa shape index (κ2) is 14.2. The third-order valence-electron chi connectivity index (χ3n) is 8.84. The number of pyridine rings is 2. The minimum atomic E-state index is -0.136. The molecule has 0 saturated carbocycles. The molecule has 0 atom stereocenters. The molecule has 0 fully saturated rings. The van der Waals surface area contributed by atoms with Crippen LogP contribution in [0, 0.1) is 0 Å². The fourth-order valence-corrected chi connectivity index (χ4v) is 6.09. The van der Waals surface area contributed by atoms with E-state index in [1.807, 2.05) is 88.9 Å². The first-order valence-corrected chi connectivity index (χ1v) is 16.5. The van der Waals surface area contributed by atoms with Gasteiger partial charge in [0.05, 0.1) is 33.2 Å². The summed E-state index contributed by atoms with van der Waals surface area (Å²) in [7, 11) is 8.05. The average molecular weight is 642 g/mol. The van der Waals surface area contributed by atoms with E-state index in [-0.39, 0.29) is 17.9 Å². The molecule has 4 N–H and O–H groups in total. The van der Waals surface area contributed by atoms with E-state index in [1.54, 1.807) is 0 Å². The van der Waals surface area contributed by atoms with Crippen molar-refractivity contribution in [3.05, 3.63) is 96.1 Å². The Balaban J connectivity index is 0.969. The Morgan fingerprint density at radius 2 is 1.06 bits per heavy atom. The number of rotatable bonds is 12. The normalized spacial score (nSPS) is 11.5. The van der Waals surface area contributed by atoms with Crippen molar-refractivity contribution >= 4 is 66.8 Å². The predicted molar refractivity (Wildman–Crippen MR) is 198 cm³/mol. The number of benzene rings is 4. The molecular weight excluding hydrogens is 598 g/mol. The molecule has 0 spiro atoms. The molecule has 0 saturated heterocycles. The number of nitrogens with two attached hydrogens (primary N) is 1. The highest BCUT2D eigenvalue weighted by Crippen LogP contribution is 2.27. The molecule has 2 heterocycles. The van der Waals surface area contributed by atoms with Crippen molar-refractivity contribution in [1.82, 2.24) is 20.6 Å². The summed E-state index contributed by atoms with van der Waals surface area (Å²) in [6, 6.07) is 27.8. The number of anilines is 2. The summed E-state index contributed by atoms with van der Waals surface area (Å²) in [5.74, 6) is -0.272. The van der Waals surface area contributed by atoms with Crippen LogP contribution in [0.1, 0.15) is 46.4 Å². The van der Waals surface area contributed by atoms with Crippen LogP contribution in [0.2, 0.25) is 0 Å². The van der Waals surface area contributed by atoms with Gasteiger partial charge in [-0.25, -0.2) is 9.97 Å². The first kappa shape index (κ1) is 32.7. The van der Waals surface area contributed by atoms with Crippen molar-refractivity contribution in [2.24, 2.45) is 5.73 Å². The molecule has 48 heavy (non-hydrogen) atoms. The minimum absolute atomic E-state index is 0.0194. The zero-order valence-corrected chi connectivity index (χ0v) is 28.1. The summed E-state index contributed by atoms with van der Waals surface area (Å²) in [6.45, 7) is 1.05. The lowest BCUT2D eigenvalue weighted by molar-refractivity contribution is 0.0947. The third-order valence-corrected chi connectivity index (χ3v) is 8.84. The maximum absolute atomic E-state index is 13.1. The molecule has 6 rings (SSSR count). The van der Waals surface area contributed by atoms with E-state index in [4.69, 9.17) is 15.7 Å². The van der Waals surface area contributed by atoms with Crippen LogP contribution in [-0.2, 0) is 0 Å². The van der Waals surface area contributed by atoms with E-state index < -0.39 is 0 Å². The molecule has 9 nitrogen and oxygen atoms in total. The maximum Gasteiger partial charge on any atom is 0.253 e. The Kier molecular flexibility index (Phi) is 9.68. The number of fused-ring (bicyclic) bond motifs is 4. The minimum Gasteiger partial charge on any atom is -0.378 e. The largest absolute Gasteiger partial charge is 0.378 e. The number of nitrogens with one attached hydrogen (secondary N) is 2. The van der Waals surface area contributed by atoms with Crippen LogP contribution in [0.3, 0.4) is 0 Å². The number of nitrogens with zero attached hydrogens (tertiary/aromatic N) is 4. The van der Waals surface area contributed by atoms with E-state index >= 15 is 0 Å². The van der Waals surface area contributed by atoms with Gasteiger partial charge in [0.2, 0.25) is 0 Å².